The van der Waals surface area contributed by atoms with Crippen molar-refractivity contribution in [3.8, 4) is 11.3 Å². The van der Waals surface area contributed by atoms with Gasteiger partial charge in [0.1, 0.15) is 17.2 Å². The number of hydrogen-bond donors (Lipinski definition) is 2. The molecule has 37 heavy (non-hydrogen) atoms. The predicted octanol–water partition coefficient (Wildman–Crippen LogP) is 4.77. The summed E-state index contributed by atoms with van der Waals surface area (Å²) in [5.74, 6) is 0.519. The third-order valence-corrected chi connectivity index (χ3v) is 8.15. The molecule has 3 aliphatic carbocycles. The molecular weight excluding hydrogens is 473 g/mol. The van der Waals surface area contributed by atoms with Crippen molar-refractivity contribution in [3.63, 3.8) is 0 Å². The summed E-state index contributed by atoms with van der Waals surface area (Å²) in [6.07, 6.45) is 8.65. The van der Waals surface area contributed by atoms with Crippen molar-refractivity contribution in [2.75, 3.05) is 29.9 Å². The van der Waals surface area contributed by atoms with Gasteiger partial charge in [-0.15, -0.1) is 5.10 Å². The normalized spacial score (nSPS) is 24.2. The Bertz CT molecular complexity index is 1500. The van der Waals surface area contributed by atoms with Crippen LogP contribution in [-0.4, -0.2) is 61.0 Å². The van der Waals surface area contributed by atoms with Crippen molar-refractivity contribution in [2.45, 2.75) is 44.3 Å². The number of pyridine rings is 1. The Morgan fingerprint density at radius 3 is 2.68 bits per heavy atom. The van der Waals surface area contributed by atoms with Crippen LogP contribution >= 0.6 is 0 Å². The third kappa shape index (κ3) is 3.82. The number of benzene rings is 1. The standard InChI is InChI=1S/C27H28FN7O2/c28-27-14-26(15-27,16-27)17-30-24-9-19-4-3-18(7-23(19)35(24)25(36)37)12-34-13-22(31-32-34)20-8-21(11-29-10-20)33-5-1-2-6-33/h3-4,7-11,13,30H,1-2,5-6,12,14-17H2,(H,36,37). The molecule has 4 fully saturated rings. The van der Waals surface area contributed by atoms with E-state index in [0.29, 0.717) is 43.7 Å². The molecule has 0 unspecified atom stereocenters. The van der Waals surface area contributed by atoms with E-state index in [1.165, 1.54) is 17.4 Å². The molecule has 10 heteroatoms. The van der Waals surface area contributed by atoms with Gasteiger partial charge in [-0.1, -0.05) is 17.3 Å². The highest BCUT2D eigenvalue weighted by Gasteiger charge is 2.68. The first-order chi connectivity index (χ1) is 17.9. The molecular formula is C27H28FN7O2. The second-order valence-electron chi connectivity index (χ2n) is 11.0. The number of nitrogens with one attached hydrogen (secondary N) is 1. The van der Waals surface area contributed by atoms with Gasteiger partial charge in [-0.3, -0.25) is 4.98 Å². The lowest BCUT2D eigenvalue weighted by Crippen LogP contribution is -2.66. The van der Waals surface area contributed by atoms with Gasteiger partial charge < -0.3 is 15.3 Å². The van der Waals surface area contributed by atoms with E-state index in [0.717, 1.165) is 41.0 Å². The number of rotatable bonds is 7. The van der Waals surface area contributed by atoms with Gasteiger partial charge in [-0.2, -0.15) is 0 Å². The lowest BCUT2D eigenvalue weighted by molar-refractivity contribution is -0.204. The molecule has 0 spiro atoms. The summed E-state index contributed by atoms with van der Waals surface area (Å²) in [5.41, 5.74) is 3.31. The van der Waals surface area contributed by atoms with Crippen LogP contribution in [0.15, 0.2) is 48.9 Å². The lowest BCUT2D eigenvalue weighted by Gasteiger charge is -2.66. The maximum Gasteiger partial charge on any atom is 0.417 e. The fourth-order valence-electron chi connectivity index (χ4n) is 6.42. The molecule has 2 N–H and O–H groups in total. The Hall–Kier alpha value is -3.95. The van der Waals surface area contributed by atoms with E-state index in [1.54, 1.807) is 10.9 Å². The molecule has 4 aliphatic rings. The highest BCUT2D eigenvalue weighted by atomic mass is 19.1. The minimum absolute atomic E-state index is 0.0198. The van der Waals surface area contributed by atoms with Crippen LogP contribution in [0.4, 0.5) is 20.7 Å². The largest absolute Gasteiger partial charge is 0.464 e. The quantitative estimate of drug-likeness (QED) is 0.376. The highest BCUT2D eigenvalue weighted by molar-refractivity contribution is 5.94. The molecule has 1 saturated heterocycles. The topological polar surface area (TPSA) is 101 Å². The second kappa shape index (κ2) is 8.03. The van der Waals surface area contributed by atoms with Crippen molar-refractivity contribution >= 4 is 28.5 Å². The molecule has 3 aromatic heterocycles. The minimum atomic E-state index is -1.05. The molecule has 9 nitrogen and oxygen atoms in total. The number of alkyl halides is 1. The molecule has 1 aromatic carbocycles. The van der Waals surface area contributed by atoms with E-state index in [9.17, 15) is 14.3 Å². The van der Waals surface area contributed by atoms with Crippen LogP contribution in [-0.2, 0) is 6.54 Å². The Morgan fingerprint density at radius 1 is 1.11 bits per heavy atom. The molecule has 2 bridgehead atoms. The number of nitrogens with zero attached hydrogens (tertiary/aromatic N) is 6. The molecule has 0 atom stereocenters. The minimum Gasteiger partial charge on any atom is -0.464 e. The van der Waals surface area contributed by atoms with Crippen LogP contribution in [0, 0.1) is 5.41 Å². The van der Waals surface area contributed by atoms with Gasteiger partial charge in [0.15, 0.2) is 0 Å². The first-order valence-corrected chi connectivity index (χ1v) is 12.8. The highest BCUT2D eigenvalue weighted by Crippen LogP contribution is 2.69. The molecule has 1 aliphatic heterocycles. The van der Waals surface area contributed by atoms with Crippen molar-refractivity contribution in [1.82, 2.24) is 24.5 Å². The maximum absolute atomic E-state index is 13.9. The van der Waals surface area contributed by atoms with Crippen LogP contribution in [0.5, 0.6) is 0 Å². The maximum atomic E-state index is 13.9. The van der Waals surface area contributed by atoms with Crippen LogP contribution in [0.25, 0.3) is 22.2 Å². The summed E-state index contributed by atoms with van der Waals surface area (Å²) in [7, 11) is 0. The van der Waals surface area contributed by atoms with Crippen LogP contribution in [0.3, 0.4) is 0 Å². The second-order valence-corrected chi connectivity index (χ2v) is 11.0. The van der Waals surface area contributed by atoms with Crippen LogP contribution in [0.1, 0.15) is 37.7 Å². The van der Waals surface area contributed by atoms with Gasteiger partial charge in [0.05, 0.1) is 30.1 Å². The summed E-state index contributed by atoms with van der Waals surface area (Å²) in [6.45, 7) is 3.14. The average Bonchev–Trinajstić information content (AvgIpc) is 3.60. The predicted molar refractivity (Wildman–Crippen MR) is 138 cm³/mol. The number of halogens is 1. The van der Waals surface area contributed by atoms with Crippen LogP contribution in [0.2, 0.25) is 0 Å². The van der Waals surface area contributed by atoms with Crippen molar-refractivity contribution in [2.24, 2.45) is 5.41 Å². The SMILES string of the molecule is O=C(O)n1c(NCC23CC(F)(C2)C3)cc2ccc(Cn3cc(-c4cncc(N5CCCC5)c4)nn3)cc21. The number of anilines is 2. The third-order valence-electron chi connectivity index (χ3n) is 8.15. The zero-order valence-electron chi connectivity index (χ0n) is 20.4. The first-order valence-electron chi connectivity index (χ1n) is 12.8. The Balaban J connectivity index is 1.11. The van der Waals surface area contributed by atoms with E-state index in [-0.39, 0.29) is 5.41 Å². The fraction of sp³-hybridized carbons (Fsp3) is 0.407. The van der Waals surface area contributed by atoms with E-state index in [2.05, 4.69) is 31.6 Å². The van der Waals surface area contributed by atoms with E-state index < -0.39 is 11.8 Å². The Kier molecular flexibility index (Phi) is 4.83. The monoisotopic (exact) mass is 501 g/mol. The van der Waals surface area contributed by atoms with Gasteiger partial charge >= 0.3 is 6.09 Å². The smallest absolute Gasteiger partial charge is 0.417 e. The number of carboxylic acid groups (broad SMARTS) is 1. The molecule has 8 rings (SSSR count). The zero-order chi connectivity index (χ0) is 25.2. The van der Waals surface area contributed by atoms with Crippen molar-refractivity contribution < 1.29 is 14.3 Å². The lowest BCUT2D eigenvalue weighted by atomic mass is 9.42. The molecule has 4 aromatic rings. The van der Waals surface area contributed by atoms with Gasteiger partial charge in [0.2, 0.25) is 0 Å². The number of aromatic nitrogens is 5. The van der Waals surface area contributed by atoms with Gasteiger partial charge in [0.25, 0.3) is 0 Å². The van der Waals surface area contributed by atoms with Gasteiger partial charge in [0, 0.05) is 36.8 Å². The van der Waals surface area contributed by atoms with E-state index in [1.807, 2.05) is 36.7 Å². The molecule has 190 valence electrons. The summed E-state index contributed by atoms with van der Waals surface area (Å²) >= 11 is 0. The summed E-state index contributed by atoms with van der Waals surface area (Å²) in [5, 5.41) is 22.7. The first kappa shape index (κ1) is 22.3. The number of fused-ring (bicyclic) bond motifs is 1. The van der Waals surface area contributed by atoms with Crippen LogP contribution < -0.4 is 10.2 Å². The zero-order valence-corrected chi connectivity index (χ0v) is 20.4. The molecule has 0 radical (unpaired) electrons. The Labute approximate surface area is 212 Å². The van der Waals surface area contributed by atoms with E-state index in [4.69, 9.17) is 0 Å². The summed E-state index contributed by atoms with van der Waals surface area (Å²) in [4.78, 5) is 18.9. The van der Waals surface area contributed by atoms with Crippen molar-refractivity contribution in [1.29, 1.82) is 0 Å². The van der Waals surface area contributed by atoms with Crippen molar-refractivity contribution in [3.05, 3.63) is 54.5 Å². The Morgan fingerprint density at radius 2 is 1.92 bits per heavy atom. The fourth-order valence-corrected chi connectivity index (χ4v) is 6.42. The summed E-state index contributed by atoms with van der Waals surface area (Å²) in [6, 6.07) is 9.73. The average molecular weight is 502 g/mol. The van der Waals surface area contributed by atoms with E-state index >= 15 is 0 Å². The molecule has 0 amide bonds. The molecule has 3 saturated carbocycles. The molecule has 4 heterocycles. The van der Waals surface area contributed by atoms with Gasteiger partial charge in [-0.25, -0.2) is 18.4 Å². The summed E-state index contributed by atoms with van der Waals surface area (Å²) < 4.78 is 16.9. The number of hydrogen-bond acceptors (Lipinski definition) is 6. The van der Waals surface area contributed by atoms with Gasteiger partial charge in [-0.05, 0) is 61.3 Å². The number of carbonyl (C=O) groups is 1.